The second-order valence-electron chi connectivity index (χ2n) is 19.5. The Kier molecular flexibility index (Phi) is 10.6. The fourth-order valence-corrected chi connectivity index (χ4v) is 378. The molecule has 0 atom stereocenters. The van der Waals surface area contributed by atoms with Crippen molar-refractivity contribution >= 4 is 74.0 Å². The van der Waals surface area contributed by atoms with E-state index in [2.05, 4.69) is 144 Å². The Labute approximate surface area is 227 Å². The maximum Gasteiger partial charge on any atom is 0.0410 e. The fraction of sp³-hybridized carbons (Fsp3) is 1.00. The van der Waals surface area contributed by atoms with E-state index in [9.17, 15) is 0 Å². The van der Waals surface area contributed by atoms with Crippen molar-refractivity contribution in [2.75, 3.05) is 0 Å². The van der Waals surface area contributed by atoms with Crippen molar-refractivity contribution in [1.29, 1.82) is 0 Å². The SMILES string of the molecule is C[Si](C)(C)C[Si]([Si](C)(C)C)([Si](C)(C)C)[Si](C)(C)[Si](C)(C)[Si](C[Si](C)(C)C)([Si](C)(C)C)[Si](C)(C)C. The first-order chi connectivity index (χ1) is 14.2. The highest BCUT2D eigenvalue weighted by Gasteiger charge is 2.75. The van der Waals surface area contributed by atoms with Crippen LogP contribution in [0.25, 0.3) is 0 Å². The maximum atomic E-state index is 3.11. The van der Waals surface area contributed by atoms with Gasteiger partial charge in [0.1, 0.15) is 0 Å². The molecular formula is C24H70Si10. The lowest BCUT2D eigenvalue weighted by Crippen LogP contribution is -2.98. The molecule has 0 aliphatic heterocycles. The standard InChI is InChI=1S/C24H70Si10/c1-25(2,3)23-33(27(7,8)9,28(10,11)12)31(19,20)32(21,22)34(29(13,14)15,30(16,17)18)24-26(4,5)6/h23-24H2,1-22H3. The van der Waals surface area contributed by atoms with Gasteiger partial charge in [-0.3, -0.25) is 0 Å². The molecule has 0 heterocycles. The summed E-state index contributed by atoms with van der Waals surface area (Å²) in [6, 6.07) is 0. The molecule has 0 aromatic rings. The van der Waals surface area contributed by atoms with E-state index in [4.69, 9.17) is 0 Å². The van der Waals surface area contributed by atoms with Gasteiger partial charge >= 0.3 is 0 Å². The van der Waals surface area contributed by atoms with Gasteiger partial charge in [-0.15, -0.1) is 0 Å². The molecule has 10 heteroatoms. The third-order valence-electron chi connectivity index (χ3n) is 10.4. The molecule has 0 aromatic carbocycles. The van der Waals surface area contributed by atoms with Gasteiger partial charge in [0.2, 0.25) is 0 Å². The molecule has 0 rings (SSSR count). The number of hydrogen-bond donors (Lipinski definition) is 0. The Hall–Kier alpha value is 2.17. The molecule has 0 aliphatic rings. The van der Waals surface area contributed by atoms with Crippen LogP contribution in [0, 0.1) is 0 Å². The number of rotatable bonds is 11. The van der Waals surface area contributed by atoms with Crippen LogP contribution in [0.1, 0.15) is 0 Å². The van der Waals surface area contributed by atoms with Gasteiger partial charge in [0.05, 0.1) is 0 Å². The average molecular weight is 640 g/mol. The van der Waals surface area contributed by atoms with Crippen LogP contribution in [0.5, 0.6) is 0 Å². The summed E-state index contributed by atoms with van der Waals surface area (Å²) in [4.78, 5) is 0. The highest BCUT2D eigenvalue weighted by molar-refractivity contribution is 8.11. The molecule has 0 aromatic heterocycles. The molecular weight excluding hydrogens is 569 g/mol. The van der Waals surface area contributed by atoms with Crippen molar-refractivity contribution in [1.82, 2.24) is 0 Å². The third kappa shape index (κ3) is 6.31. The van der Waals surface area contributed by atoms with Gasteiger partial charge in [0, 0.05) is 74.0 Å². The van der Waals surface area contributed by atoms with Gasteiger partial charge in [0.15, 0.2) is 0 Å². The quantitative estimate of drug-likeness (QED) is 0.198. The van der Waals surface area contributed by atoms with E-state index in [1.807, 2.05) is 0 Å². The molecule has 34 heavy (non-hydrogen) atoms. The predicted octanol–water partition coefficient (Wildman–Crippen LogP) is 9.96. The van der Waals surface area contributed by atoms with Crippen LogP contribution in [0.4, 0.5) is 0 Å². The van der Waals surface area contributed by atoms with Crippen LogP contribution < -0.4 is 0 Å². The summed E-state index contributed by atoms with van der Waals surface area (Å²) in [5.41, 5.74) is 3.55. The molecule has 0 amide bonds. The van der Waals surface area contributed by atoms with Crippen LogP contribution in [-0.4, -0.2) is 74.0 Å². The third-order valence-corrected chi connectivity index (χ3v) is 210. The van der Waals surface area contributed by atoms with E-state index in [-0.39, 0.29) is 0 Å². The van der Waals surface area contributed by atoms with Crippen molar-refractivity contribution in [2.24, 2.45) is 0 Å². The molecule has 0 aliphatic carbocycles. The largest absolute Gasteiger partial charge is 0.0737 e. The van der Waals surface area contributed by atoms with E-state index in [0.29, 0.717) is 0 Å². The summed E-state index contributed by atoms with van der Waals surface area (Å²) >= 11 is 0. The molecule has 0 saturated carbocycles. The van der Waals surface area contributed by atoms with Gasteiger partial charge in [0.25, 0.3) is 0 Å². The second-order valence-corrected chi connectivity index (χ2v) is 121. The monoisotopic (exact) mass is 638 g/mol. The fourth-order valence-electron chi connectivity index (χ4n) is 10.2. The molecule has 0 bridgehead atoms. The Morgan fingerprint density at radius 1 is 0.265 bits per heavy atom. The van der Waals surface area contributed by atoms with Crippen molar-refractivity contribution in [3.05, 3.63) is 0 Å². The van der Waals surface area contributed by atoms with E-state index in [1.54, 1.807) is 11.3 Å². The molecule has 0 saturated heterocycles. The minimum Gasteiger partial charge on any atom is -0.0737 e. The van der Waals surface area contributed by atoms with Gasteiger partial charge in [-0.25, -0.2) is 0 Å². The first kappa shape index (κ1) is 36.2. The minimum atomic E-state index is -1.46. The number of hydrogen-bond acceptors (Lipinski definition) is 0. The normalized spacial score (nSPS) is 16.8. The molecule has 0 unspecified atom stereocenters. The Morgan fingerprint density at radius 3 is 0.500 bits per heavy atom. The summed E-state index contributed by atoms with van der Waals surface area (Å²) in [7, 11) is -10.4. The first-order valence-corrected chi connectivity index (χ1v) is 53.0. The van der Waals surface area contributed by atoms with Gasteiger partial charge in [-0.2, -0.15) is 0 Å². The topological polar surface area (TPSA) is 0 Å². The van der Waals surface area contributed by atoms with Crippen molar-refractivity contribution in [3.63, 3.8) is 0 Å². The summed E-state index contributed by atoms with van der Waals surface area (Å²) in [6.45, 7) is 60.8. The molecule has 0 radical (unpaired) electrons. The lowest BCUT2D eigenvalue weighted by atomic mass is 11.7. The summed E-state index contributed by atoms with van der Waals surface area (Å²) in [5, 5.41) is 0. The predicted molar refractivity (Wildman–Crippen MR) is 196 cm³/mol. The molecule has 0 N–H and O–H groups in total. The van der Waals surface area contributed by atoms with E-state index in [0.717, 1.165) is 0 Å². The van der Waals surface area contributed by atoms with Crippen LogP contribution in [-0.2, 0) is 0 Å². The second kappa shape index (κ2) is 9.97. The molecule has 206 valence electrons. The zero-order valence-corrected chi connectivity index (χ0v) is 38.4. The van der Waals surface area contributed by atoms with E-state index < -0.39 is 74.0 Å². The zero-order chi connectivity index (χ0) is 28.4. The van der Waals surface area contributed by atoms with E-state index in [1.165, 1.54) is 0 Å². The molecule has 0 fully saturated rings. The van der Waals surface area contributed by atoms with Gasteiger partial charge in [-0.1, -0.05) is 155 Å². The first-order valence-electron chi connectivity index (χ1n) is 14.2. The Balaban J connectivity index is 8.05. The maximum absolute atomic E-state index is 3.11. The van der Waals surface area contributed by atoms with Gasteiger partial charge in [-0.05, 0) is 0 Å². The Morgan fingerprint density at radius 2 is 0.412 bits per heavy atom. The summed E-state index contributed by atoms with van der Waals surface area (Å²) in [5.74, 6) is 0. The van der Waals surface area contributed by atoms with Crippen LogP contribution in [0.15, 0.2) is 0 Å². The minimum absolute atomic E-state index is 1.16. The highest BCUT2D eigenvalue weighted by Crippen LogP contribution is 2.52. The zero-order valence-electron chi connectivity index (χ0n) is 28.4. The average Bonchev–Trinajstić information content (AvgIpc) is 2.42. The molecule has 0 spiro atoms. The molecule has 0 nitrogen and oxygen atoms in total. The summed E-state index contributed by atoms with van der Waals surface area (Å²) < 4.78 is 0. The lowest BCUT2D eigenvalue weighted by Gasteiger charge is -2.71. The smallest absolute Gasteiger partial charge is 0.0410 e. The van der Waals surface area contributed by atoms with E-state index >= 15 is 0 Å². The van der Waals surface area contributed by atoms with Crippen LogP contribution in [0.2, 0.25) is 155 Å². The van der Waals surface area contributed by atoms with Crippen molar-refractivity contribution in [2.45, 2.75) is 155 Å². The van der Waals surface area contributed by atoms with Gasteiger partial charge < -0.3 is 0 Å². The van der Waals surface area contributed by atoms with Crippen LogP contribution >= 0.6 is 0 Å². The highest BCUT2D eigenvalue weighted by atomic mass is 30.2. The van der Waals surface area contributed by atoms with Crippen molar-refractivity contribution in [3.8, 4) is 0 Å². The van der Waals surface area contributed by atoms with Crippen molar-refractivity contribution < 1.29 is 0 Å². The Bertz CT molecular complexity index is 609. The van der Waals surface area contributed by atoms with Crippen LogP contribution in [0.3, 0.4) is 0 Å². The summed E-state index contributed by atoms with van der Waals surface area (Å²) in [6.07, 6.45) is 0. The lowest BCUT2D eigenvalue weighted by molar-refractivity contribution is 1.57.